The Morgan fingerprint density at radius 3 is 1.89 bits per heavy atom. The predicted molar refractivity (Wildman–Crippen MR) is 108 cm³/mol. The van der Waals surface area contributed by atoms with Crippen LogP contribution in [0.25, 0.3) is 0 Å². The zero-order chi connectivity index (χ0) is 20.0. The second-order valence-electron chi connectivity index (χ2n) is 5.55. The van der Waals surface area contributed by atoms with Gasteiger partial charge in [0, 0.05) is 29.1 Å². The SMILES string of the molecule is COc1cc(NC(=O)c2ccc(NC(=O)C(C)Br)cc2)cc(OC)c1OC. The first-order valence-electron chi connectivity index (χ1n) is 8.06. The lowest BCUT2D eigenvalue weighted by Crippen LogP contribution is -2.20. The van der Waals surface area contributed by atoms with Crippen LogP contribution in [-0.4, -0.2) is 38.0 Å². The van der Waals surface area contributed by atoms with Gasteiger partial charge in [0.25, 0.3) is 5.91 Å². The fourth-order valence-corrected chi connectivity index (χ4v) is 2.42. The fourth-order valence-electron chi connectivity index (χ4n) is 2.30. The van der Waals surface area contributed by atoms with E-state index in [1.54, 1.807) is 43.3 Å². The van der Waals surface area contributed by atoms with Gasteiger partial charge in [0.05, 0.1) is 26.2 Å². The molecule has 8 heteroatoms. The zero-order valence-electron chi connectivity index (χ0n) is 15.5. The first-order valence-corrected chi connectivity index (χ1v) is 8.97. The summed E-state index contributed by atoms with van der Waals surface area (Å²) in [6, 6.07) is 9.87. The molecule has 1 atom stereocenters. The summed E-state index contributed by atoms with van der Waals surface area (Å²) in [6.45, 7) is 1.73. The summed E-state index contributed by atoms with van der Waals surface area (Å²) in [5.41, 5.74) is 1.55. The molecule has 2 aromatic rings. The van der Waals surface area contributed by atoms with Crippen LogP contribution in [0.5, 0.6) is 17.2 Å². The van der Waals surface area contributed by atoms with Gasteiger partial charge in [-0.05, 0) is 31.2 Å². The molecule has 0 aromatic heterocycles. The molecule has 2 aromatic carbocycles. The van der Waals surface area contributed by atoms with E-state index in [0.29, 0.717) is 34.2 Å². The van der Waals surface area contributed by atoms with E-state index in [9.17, 15) is 9.59 Å². The highest BCUT2D eigenvalue weighted by atomic mass is 79.9. The highest BCUT2D eigenvalue weighted by Crippen LogP contribution is 2.40. The summed E-state index contributed by atoms with van der Waals surface area (Å²) in [5, 5.41) is 5.52. The van der Waals surface area contributed by atoms with E-state index in [-0.39, 0.29) is 16.6 Å². The molecule has 0 aliphatic heterocycles. The van der Waals surface area contributed by atoms with Crippen molar-refractivity contribution < 1.29 is 23.8 Å². The number of anilines is 2. The number of carbonyl (C=O) groups is 2. The van der Waals surface area contributed by atoms with Crippen molar-refractivity contribution in [3.8, 4) is 17.2 Å². The van der Waals surface area contributed by atoms with Crippen molar-refractivity contribution in [3.63, 3.8) is 0 Å². The molecular formula is C19H21BrN2O5. The molecule has 0 aliphatic carbocycles. The van der Waals surface area contributed by atoms with E-state index in [4.69, 9.17) is 14.2 Å². The maximum Gasteiger partial charge on any atom is 0.255 e. The second-order valence-corrected chi connectivity index (χ2v) is 6.92. The van der Waals surface area contributed by atoms with Crippen LogP contribution >= 0.6 is 15.9 Å². The van der Waals surface area contributed by atoms with Crippen molar-refractivity contribution in [3.05, 3.63) is 42.0 Å². The van der Waals surface area contributed by atoms with Gasteiger partial charge < -0.3 is 24.8 Å². The number of ether oxygens (including phenoxy) is 3. The lowest BCUT2D eigenvalue weighted by atomic mass is 10.1. The maximum atomic E-state index is 12.5. The van der Waals surface area contributed by atoms with Crippen molar-refractivity contribution in [2.24, 2.45) is 0 Å². The quantitative estimate of drug-likeness (QED) is 0.646. The maximum absolute atomic E-state index is 12.5. The van der Waals surface area contributed by atoms with E-state index in [1.807, 2.05) is 0 Å². The zero-order valence-corrected chi connectivity index (χ0v) is 17.0. The minimum absolute atomic E-state index is 0.162. The Morgan fingerprint density at radius 1 is 0.889 bits per heavy atom. The highest BCUT2D eigenvalue weighted by molar-refractivity contribution is 9.10. The lowest BCUT2D eigenvalue weighted by Gasteiger charge is -2.14. The van der Waals surface area contributed by atoms with Crippen LogP contribution in [0.15, 0.2) is 36.4 Å². The molecule has 0 aliphatic rings. The number of amides is 2. The van der Waals surface area contributed by atoms with Gasteiger partial charge in [-0.2, -0.15) is 0 Å². The van der Waals surface area contributed by atoms with Gasteiger partial charge in [-0.25, -0.2) is 0 Å². The Balaban J connectivity index is 2.16. The number of hydrogen-bond donors (Lipinski definition) is 2. The molecule has 2 rings (SSSR count). The molecule has 0 saturated carbocycles. The fraction of sp³-hybridized carbons (Fsp3) is 0.263. The lowest BCUT2D eigenvalue weighted by molar-refractivity contribution is -0.115. The van der Waals surface area contributed by atoms with Crippen molar-refractivity contribution >= 4 is 39.1 Å². The van der Waals surface area contributed by atoms with Gasteiger partial charge in [0.15, 0.2) is 11.5 Å². The summed E-state index contributed by atoms with van der Waals surface area (Å²) in [7, 11) is 4.52. The number of methoxy groups -OCH3 is 3. The smallest absolute Gasteiger partial charge is 0.255 e. The van der Waals surface area contributed by atoms with Gasteiger partial charge >= 0.3 is 0 Å². The summed E-state index contributed by atoms with van der Waals surface area (Å²) >= 11 is 3.20. The van der Waals surface area contributed by atoms with Crippen LogP contribution in [0.2, 0.25) is 0 Å². The largest absolute Gasteiger partial charge is 0.493 e. The van der Waals surface area contributed by atoms with Gasteiger partial charge in [-0.3, -0.25) is 9.59 Å². The molecule has 0 bridgehead atoms. The molecule has 27 heavy (non-hydrogen) atoms. The molecule has 0 fully saturated rings. The predicted octanol–water partition coefficient (Wildman–Crippen LogP) is 3.69. The van der Waals surface area contributed by atoms with Crippen LogP contribution in [0.1, 0.15) is 17.3 Å². The van der Waals surface area contributed by atoms with Gasteiger partial charge in [0.1, 0.15) is 0 Å². The molecule has 0 saturated heterocycles. The molecule has 144 valence electrons. The van der Waals surface area contributed by atoms with Crippen molar-refractivity contribution in [1.29, 1.82) is 0 Å². The van der Waals surface area contributed by atoms with E-state index in [2.05, 4.69) is 26.6 Å². The summed E-state index contributed by atoms with van der Waals surface area (Å²) in [5.74, 6) is 0.850. The Morgan fingerprint density at radius 2 is 1.44 bits per heavy atom. The van der Waals surface area contributed by atoms with Gasteiger partial charge in [0.2, 0.25) is 11.7 Å². The first kappa shape index (κ1) is 20.6. The molecule has 7 nitrogen and oxygen atoms in total. The minimum Gasteiger partial charge on any atom is -0.493 e. The minimum atomic E-state index is -0.309. The third kappa shape index (κ3) is 5.13. The Bertz CT molecular complexity index is 796. The normalized spacial score (nSPS) is 11.3. The number of benzene rings is 2. The number of alkyl halides is 1. The Labute approximate surface area is 166 Å². The number of hydrogen-bond acceptors (Lipinski definition) is 5. The molecule has 0 spiro atoms. The molecule has 1 unspecified atom stereocenters. The van der Waals surface area contributed by atoms with Crippen LogP contribution in [0.3, 0.4) is 0 Å². The van der Waals surface area contributed by atoms with Crippen LogP contribution in [0.4, 0.5) is 11.4 Å². The average Bonchev–Trinajstić information content (AvgIpc) is 2.67. The van der Waals surface area contributed by atoms with E-state index < -0.39 is 0 Å². The van der Waals surface area contributed by atoms with Crippen molar-refractivity contribution in [1.82, 2.24) is 0 Å². The van der Waals surface area contributed by atoms with E-state index >= 15 is 0 Å². The molecule has 2 N–H and O–H groups in total. The first-order chi connectivity index (χ1) is 12.9. The van der Waals surface area contributed by atoms with E-state index in [1.165, 1.54) is 21.3 Å². The molecular weight excluding hydrogens is 416 g/mol. The summed E-state index contributed by atoms with van der Waals surface area (Å²) < 4.78 is 15.8. The monoisotopic (exact) mass is 436 g/mol. The number of rotatable bonds is 7. The third-order valence-corrected chi connectivity index (χ3v) is 4.11. The van der Waals surface area contributed by atoms with Crippen molar-refractivity contribution in [2.75, 3.05) is 32.0 Å². The summed E-state index contributed by atoms with van der Waals surface area (Å²) in [6.07, 6.45) is 0. The standard InChI is InChI=1S/C19H21BrN2O5/c1-11(20)18(23)21-13-7-5-12(6-8-13)19(24)22-14-9-15(25-2)17(27-4)16(10-14)26-3/h5-11H,1-4H3,(H,21,23)(H,22,24). The topological polar surface area (TPSA) is 85.9 Å². The molecule has 0 heterocycles. The van der Waals surface area contributed by atoms with E-state index in [0.717, 1.165) is 0 Å². The van der Waals surface area contributed by atoms with Crippen LogP contribution in [0, 0.1) is 0 Å². The third-order valence-electron chi connectivity index (χ3n) is 3.70. The molecule has 2 amide bonds. The highest BCUT2D eigenvalue weighted by Gasteiger charge is 2.15. The van der Waals surface area contributed by atoms with Crippen molar-refractivity contribution in [2.45, 2.75) is 11.8 Å². The average molecular weight is 437 g/mol. The Hall–Kier alpha value is -2.74. The molecule has 0 radical (unpaired) electrons. The second kappa shape index (κ2) is 9.27. The Kier molecular flexibility index (Phi) is 7.06. The van der Waals surface area contributed by atoms with Gasteiger partial charge in [-0.1, -0.05) is 15.9 Å². The summed E-state index contributed by atoms with van der Waals surface area (Å²) in [4.78, 5) is 23.9. The van der Waals surface area contributed by atoms with Gasteiger partial charge in [-0.15, -0.1) is 0 Å². The van der Waals surface area contributed by atoms with Crippen LogP contribution < -0.4 is 24.8 Å². The number of nitrogens with one attached hydrogen (secondary N) is 2. The van der Waals surface area contributed by atoms with Crippen LogP contribution in [-0.2, 0) is 4.79 Å². The number of carbonyl (C=O) groups excluding carboxylic acids is 2. The number of halogens is 1.